The Labute approximate surface area is 83.6 Å². The van der Waals surface area contributed by atoms with Crippen molar-refractivity contribution in [2.45, 2.75) is 25.4 Å². The third-order valence-corrected chi connectivity index (χ3v) is 2.59. The second-order valence-corrected chi connectivity index (χ2v) is 3.64. The van der Waals surface area contributed by atoms with Gasteiger partial charge in [-0.1, -0.05) is 0 Å². The Morgan fingerprint density at radius 3 is 3.07 bits per heavy atom. The van der Waals surface area contributed by atoms with Gasteiger partial charge in [-0.05, 0) is 25.3 Å². The van der Waals surface area contributed by atoms with Crippen LogP contribution in [-0.4, -0.2) is 34.3 Å². The number of anilines is 1. The Bertz CT molecular complexity index is 278. The molecule has 0 spiro atoms. The van der Waals surface area contributed by atoms with Crippen LogP contribution in [0.25, 0.3) is 0 Å². The van der Waals surface area contributed by atoms with E-state index in [1.54, 1.807) is 12.5 Å². The summed E-state index contributed by atoms with van der Waals surface area (Å²) in [6, 6.07) is 1.91. The van der Waals surface area contributed by atoms with Gasteiger partial charge in [0.1, 0.15) is 12.1 Å². The molecule has 0 aromatic carbocycles. The van der Waals surface area contributed by atoms with E-state index in [1.807, 2.05) is 6.07 Å². The number of aliphatic hydroxyl groups excluding tert-OH is 1. The molecule has 0 saturated carbocycles. The lowest BCUT2D eigenvalue weighted by Crippen LogP contribution is -2.25. The minimum atomic E-state index is -0.137. The van der Waals surface area contributed by atoms with Gasteiger partial charge >= 0.3 is 0 Å². The fourth-order valence-electron chi connectivity index (χ4n) is 1.78. The zero-order valence-corrected chi connectivity index (χ0v) is 8.13. The molecular weight excluding hydrogens is 178 g/mol. The Balaban J connectivity index is 2.04. The molecule has 0 amide bonds. The van der Waals surface area contributed by atoms with Crippen LogP contribution in [0, 0.1) is 0 Å². The predicted octanol–water partition coefficient (Wildman–Crippen LogP) is 0.828. The lowest BCUT2D eigenvalue weighted by atomic mass is 10.2. The highest BCUT2D eigenvalue weighted by atomic mass is 16.3. The topological polar surface area (TPSA) is 49.2 Å². The van der Waals surface area contributed by atoms with Gasteiger partial charge in [-0.2, -0.15) is 0 Å². The molecule has 4 nitrogen and oxygen atoms in total. The Hall–Kier alpha value is -1.16. The van der Waals surface area contributed by atoms with Crippen LogP contribution < -0.4 is 4.90 Å². The molecule has 0 bridgehead atoms. The molecule has 1 saturated heterocycles. The number of aliphatic hydroxyl groups is 1. The van der Waals surface area contributed by atoms with Crippen molar-refractivity contribution in [2.75, 3.05) is 18.0 Å². The van der Waals surface area contributed by atoms with E-state index in [2.05, 4.69) is 14.9 Å². The molecule has 1 unspecified atom stereocenters. The van der Waals surface area contributed by atoms with Gasteiger partial charge < -0.3 is 10.0 Å². The second-order valence-electron chi connectivity index (χ2n) is 3.64. The maximum atomic E-state index is 9.49. The van der Waals surface area contributed by atoms with E-state index in [-0.39, 0.29) is 6.10 Å². The summed E-state index contributed by atoms with van der Waals surface area (Å²) >= 11 is 0. The summed E-state index contributed by atoms with van der Waals surface area (Å²) in [6.07, 6.45) is 5.96. The maximum Gasteiger partial charge on any atom is 0.131 e. The van der Waals surface area contributed by atoms with E-state index in [4.69, 9.17) is 0 Å². The molecule has 1 aromatic heterocycles. The van der Waals surface area contributed by atoms with Gasteiger partial charge in [0.2, 0.25) is 0 Å². The molecule has 76 valence electrons. The van der Waals surface area contributed by atoms with Gasteiger partial charge in [0.05, 0.1) is 6.10 Å². The van der Waals surface area contributed by atoms with Crippen LogP contribution in [0.5, 0.6) is 0 Å². The average Bonchev–Trinajstić information content (AvgIpc) is 2.44. The first-order valence-corrected chi connectivity index (χ1v) is 5.05. The van der Waals surface area contributed by atoms with Crippen LogP contribution in [0.4, 0.5) is 5.82 Å². The van der Waals surface area contributed by atoms with Crippen LogP contribution >= 0.6 is 0 Å². The monoisotopic (exact) mass is 193 g/mol. The van der Waals surface area contributed by atoms with E-state index in [0.29, 0.717) is 0 Å². The molecule has 1 N–H and O–H groups in total. The Kier molecular flexibility index (Phi) is 2.93. The minimum Gasteiger partial charge on any atom is -0.393 e. The van der Waals surface area contributed by atoms with E-state index in [1.165, 1.54) is 0 Å². The molecule has 1 aliphatic heterocycles. The summed E-state index contributed by atoms with van der Waals surface area (Å²) in [5.41, 5.74) is 0. The highest BCUT2D eigenvalue weighted by molar-refractivity contribution is 5.36. The largest absolute Gasteiger partial charge is 0.393 e. The zero-order chi connectivity index (χ0) is 9.80. The lowest BCUT2D eigenvalue weighted by molar-refractivity contribution is 0.161. The number of aromatic nitrogens is 2. The van der Waals surface area contributed by atoms with E-state index < -0.39 is 0 Å². The standard InChI is InChI=1S/C10H15N3O/c14-9-2-1-6-13(7-4-9)10-3-5-11-8-12-10/h3,5,8-9,14H,1-2,4,6-7H2. The summed E-state index contributed by atoms with van der Waals surface area (Å²) in [7, 11) is 0. The van der Waals surface area contributed by atoms with Crippen molar-refractivity contribution >= 4 is 5.82 Å². The average molecular weight is 193 g/mol. The van der Waals surface area contributed by atoms with Crippen molar-refractivity contribution in [3.05, 3.63) is 18.6 Å². The van der Waals surface area contributed by atoms with Crippen LogP contribution in [-0.2, 0) is 0 Å². The molecule has 1 aromatic rings. The zero-order valence-electron chi connectivity index (χ0n) is 8.13. The van der Waals surface area contributed by atoms with Gasteiger partial charge in [0, 0.05) is 19.3 Å². The molecule has 14 heavy (non-hydrogen) atoms. The summed E-state index contributed by atoms with van der Waals surface area (Å²) in [4.78, 5) is 10.3. The molecule has 1 fully saturated rings. The van der Waals surface area contributed by atoms with Crippen LogP contribution in [0.2, 0.25) is 0 Å². The summed E-state index contributed by atoms with van der Waals surface area (Å²) in [5, 5.41) is 9.49. The molecule has 1 aliphatic rings. The van der Waals surface area contributed by atoms with Gasteiger partial charge in [-0.25, -0.2) is 9.97 Å². The smallest absolute Gasteiger partial charge is 0.131 e. The summed E-state index contributed by atoms with van der Waals surface area (Å²) in [5.74, 6) is 0.967. The van der Waals surface area contributed by atoms with Crippen molar-refractivity contribution in [1.82, 2.24) is 9.97 Å². The maximum absolute atomic E-state index is 9.49. The number of hydrogen-bond donors (Lipinski definition) is 1. The lowest BCUT2D eigenvalue weighted by Gasteiger charge is -2.20. The Morgan fingerprint density at radius 2 is 2.29 bits per heavy atom. The van der Waals surface area contributed by atoms with Gasteiger partial charge in [0.25, 0.3) is 0 Å². The quantitative estimate of drug-likeness (QED) is 0.717. The second kappa shape index (κ2) is 4.37. The minimum absolute atomic E-state index is 0.137. The molecule has 2 heterocycles. The van der Waals surface area contributed by atoms with Crippen LogP contribution in [0.15, 0.2) is 18.6 Å². The molecule has 4 heteroatoms. The van der Waals surface area contributed by atoms with Gasteiger partial charge in [0.15, 0.2) is 0 Å². The number of nitrogens with zero attached hydrogens (tertiary/aromatic N) is 3. The van der Waals surface area contributed by atoms with Crippen molar-refractivity contribution in [1.29, 1.82) is 0 Å². The van der Waals surface area contributed by atoms with Crippen LogP contribution in [0.3, 0.4) is 0 Å². The normalized spacial score (nSPS) is 23.2. The fraction of sp³-hybridized carbons (Fsp3) is 0.600. The summed E-state index contributed by atoms with van der Waals surface area (Å²) < 4.78 is 0. The van der Waals surface area contributed by atoms with Crippen molar-refractivity contribution < 1.29 is 5.11 Å². The summed E-state index contributed by atoms with van der Waals surface area (Å²) in [6.45, 7) is 1.87. The number of hydrogen-bond acceptors (Lipinski definition) is 4. The predicted molar refractivity (Wildman–Crippen MR) is 54.1 cm³/mol. The highest BCUT2D eigenvalue weighted by Gasteiger charge is 2.15. The van der Waals surface area contributed by atoms with Gasteiger partial charge in [-0.3, -0.25) is 0 Å². The fourth-order valence-corrected chi connectivity index (χ4v) is 1.78. The molecule has 0 aliphatic carbocycles. The SMILES string of the molecule is OC1CCCN(c2ccncn2)CC1. The molecular formula is C10H15N3O. The number of rotatable bonds is 1. The molecule has 1 atom stereocenters. The van der Waals surface area contributed by atoms with Crippen LogP contribution in [0.1, 0.15) is 19.3 Å². The van der Waals surface area contributed by atoms with Crippen molar-refractivity contribution in [3.8, 4) is 0 Å². The van der Waals surface area contributed by atoms with Crippen molar-refractivity contribution in [2.24, 2.45) is 0 Å². The first kappa shape index (κ1) is 9.40. The third-order valence-electron chi connectivity index (χ3n) is 2.59. The third kappa shape index (κ3) is 2.20. The molecule has 2 rings (SSSR count). The molecule has 0 radical (unpaired) electrons. The first-order valence-electron chi connectivity index (χ1n) is 5.05. The first-order chi connectivity index (χ1) is 6.86. The van der Waals surface area contributed by atoms with E-state index >= 15 is 0 Å². The highest BCUT2D eigenvalue weighted by Crippen LogP contribution is 2.16. The van der Waals surface area contributed by atoms with E-state index in [9.17, 15) is 5.11 Å². The Morgan fingerprint density at radius 1 is 1.36 bits per heavy atom. The van der Waals surface area contributed by atoms with Crippen molar-refractivity contribution in [3.63, 3.8) is 0 Å². The van der Waals surface area contributed by atoms with E-state index in [0.717, 1.165) is 38.2 Å². The van der Waals surface area contributed by atoms with Gasteiger partial charge in [-0.15, -0.1) is 0 Å².